The number of aromatic nitrogens is 2. The summed E-state index contributed by atoms with van der Waals surface area (Å²) in [5, 5.41) is 9.64. The van der Waals surface area contributed by atoms with Crippen LogP contribution in [0.1, 0.15) is 10.4 Å². The SMILES string of the molecule is Cn1c(-c2ccc(C(=O)O)cn2)cc2cc(F)ccc21. The van der Waals surface area contributed by atoms with Crippen LogP contribution in [0.2, 0.25) is 0 Å². The second kappa shape index (κ2) is 4.45. The molecule has 0 aliphatic carbocycles. The molecule has 5 heteroatoms. The van der Waals surface area contributed by atoms with Crippen LogP contribution in [0.5, 0.6) is 0 Å². The molecule has 0 bridgehead atoms. The first kappa shape index (κ1) is 12.3. The predicted octanol–water partition coefficient (Wildman–Crippen LogP) is 3.08. The molecule has 0 aliphatic heterocycles. The Kier molecular flexibility index (Phi) is 2.75. The van der Waals surface area contributed by atoms with E-state index in [9.17, 15) is 9.18 Å². The molecule has 0 unspecified atom stereocenters. The van der Waals surface area contributed by atoms with Gasteiger partial charge in [-0.3, -0.25) is 4.98 Å². The Morgan fingerprint density at radius 3 is 2.70 bits per heavy atom. The summed E-state index contributed by atoms with van der Waals surface area (Å²) in [7, 11) is 1.86. The van der Waals surface area contributed by atoms with Gasteiger partial charge in [0.2, 0.25) is 0 Å². The van der Waals surface area contributed by atoms with Gasteiger partial charge in [0.25, 0.3) is 0 Å². The molecule has 0 saturated carbocycles. The molecule has 1 N–H and O–H groups in total. The third-order valence-electron chi connectivity index (χ3n) is 3.28. The lowest BCUT2D eigenvalue weighted by Gasteiger charge is -2.04. The zero-order valence-electron chi connectivity index (χ0n) is 10.7. The van der Waals surface area contributed by atoms with E-state index in [-0.39, 0.29) is 11.4 Å². The number of hydrogen-bond donors (Lipinski definition) is 1. The summed E-state index contributed by atoms with van der Waals surface area (Å²) in [4.78, 5) is 15.0. The van der Waals surface area contributed by atoms with Gasteiger partial charge in [0.05, 0.1) is 17.0 Å². The third-order valence-corrected chi connectivity index (χ3v) is 3.28. The second-order valence-corrected chi connectivity index (χ2v) is 4.53. The van der Waals surface area contributed by atoms with Gasteiger partial charge in [0, 0.05) is 24.1 Å². The minimum atomic E-state index is -1.01. The van der Waals surface area contributed by atoms with E-state index in [1.54, 1.807) is 12.1 Å². The normalized spacial score (nSPS) is 10.9. The van der Waals surface area contributed by atoms with Gasteiger partial charge >= 0.3 is 5.97 Å². The number of aromatic carboxylic acids is 1. The molecular formula is C15H11FN2O2. The highest BCUT2D eigenvalue weighted by atomic mass is 19.1. The van der Waals surface area contributed by atoms with E-state index >= 15 is 0 Å². The van der Waals surface area contributed by atoms with Crippen LogP contribution in [0.15, 0.2) is 42.6 Å². The number of rotatable bonds is 2. The van der Waals surface area contributed by atoms with Gasteiger partial charge in [0.1, 0.15) is 5.82 Å². The first-order chi connectivity index (χ1) is 9.56. The monoisotopic (exact) mass is 270 g/mol. The van der Waals surface area contributed by atoms with Crippen molar-refractivity contribution in [2.45, 2.75) is 0 Å². The average Bonchev–Trinajstić information content (AvgIpc) is 2.75. The lowest BCUT2D eigenvalue weighted by molar-refractivity contribution is 0.0696. The lowest BCUT2D eigenvalue weighted by atomic mass is 10.2. The first-order valence-electron chi connectivity index (χ1n) is 6.01. The minimum Gasteiger partial charge on any atom is -0.478 e. The van der Waals surface area contributed by atoms with Crippen molar-refractivity contribution in [2.75, 3.05) is 0 Å². The summed E-state index contributed by atoms with van der Waals surface area (Å²) < 4.78 is 15.1. The van der Waals surface area contributed by atoms with E-state index in [1.165, 1.54) is 24.4 Å². The number of benzene rings is 1. The number of hydrogen-bond acceptors (Lipinski definition) is 2. The number of halogens is 1. The average molecular weight is 270 g/mol. The topological polar surface area (TPSA) is 55.1 Å². The summed E-state index contributed by atoms with van der Waals surface area (Å²) in [6.07, 6.45) is 1.32. The quantitative estimate of drug-likeness (QED) is 0.778. The largest absolute Gasteiger partial charge is 0.478 e. The smallest absolute Gasteiger partial charge is 0.337 e. The number of fused-ring (bicyclic) bond motifs is 1. The van der Waals surface area contributed by atoms with Crippen LogP contribution in [-0.4, -0.2) is 20.6 Å². The van der Waals surface area contributed by atoms with E-state index < -0.39 is 5.97 Å². The molecule has 0 amide bonds. The predicted molar refractivity (Wildman–Crippen MR) is 73.1 cm³/mol. The van der Waals surface area contributed by atoms with Gasteiger partial charge in [-0.1, -0.05) is 0 Å². The molecule has 0 radical (unpaired) electrons. The minimum absolute atomic E-state index is 0.138. The molecule has 0 atom stereocenters. The van der Waals surface area contributed by atoms with E-state index in [1.807, 2.05) is 17.7 Å². The molecule has 0 saturated heterocycles. The fourth-order valence-corrected chi connectivity index (χ4v) is 2.24. The summed E-state index contributed by atoms with van der Waals surface area (Å²) in [5.41, 5.74) is 2.49. The molecule has 0 spiro atoms. The molecule has 2 heterocycles. The molecule has 1 aromatic carbocycles. The van der Waals surface area contributed by atoms with E-state index in [0.29, 0.717) is 5.69 Å². The van der Waals surface area contributed by atoms with Crippen molar-refractivity contribution >= 4 is 16.9 Å². The van der Waals surface area contributed by atoms with Crippen LogP contribution >= 0.6 is 0 Å². The number of pyridine rings is 1. The Morgan fingerprint density at radius 2 is 2.05 bits per heavy atom. The lowest BCUT2D eigenvalue weighted by Crippen LogP contribution is -1.98. The number of nitrogens with zero attached hydrogens (tertiary/aromatic N) is 2. The Balaban J connectivity index is 2.14. The van der Waals surface area contributed by atoms with Gasteiger partial charge in [-0.05, 0) is 36.4 Å². The molecule has 0 aliphatic rings. The maximum absolute atomic E-state index is 13.2. The van der Waals surface area contributed by atoms with Gasteiger partial charge < -0.3 is 9.67 Å². The molecule has 4 nitrogen and oxygen atoms in total. The summed E-state index contributed by atoms with van der Waals surface area (Å²) in [6, 6.07) is 9.56. The summed E-state index contributed by atoms with van der Waals surface area (Å²) in [5.74, 6) is -1.30. The fraction of sp³-hybridized carbons (Fsp3) is 0.0667. The van der Waals surface area contributed by atoms with Gasteiger partial charge in [-0.2, -0.15) is 0 Å². The van der Waals surface area contributed by atoms with Gasteiger partial charge in [-0.15, -0.1) is 0 Å². The zero-order valence-corrected chi connectivity index (χ0v) is 10.7. The Labute approximate surface area is 114 Å². The highest BCUT2D eigenvalue weighted by Gasteiger charge is 2.10. The molecule has 2 aromatic heterocycles. The maximum atomic E-state index is 13.2. The Hall–Kier alpha value is -2.69. The molecule has 3 rings (SSSR count). The van der Waals surface area contributed by atoms with Crippen molar-refractivity contribution in [3.05, 3.63) is 54.0 Å². The Bertz CT molecular complexity index is 807. The fourth-order valence-electron chi connectivity index (χ4n) is 2.24. The summed E-state index contributed by atoms with van der Waals surface area (Å²) in [6.45, 7) is 0. The van der Waals surface area contributed by atoms with E-state index in [4.69, 9.17) is 5.11 Å². The van der Waals surface area contributed by atoms with E-state index in [2.05, 4.69) is 4.98 Å². The number of carboxylic acids is 1. The van der Waals surface area contributed by atoms with Crippen molar-refractivity contribution in [2.24, 2.45) is 7.05 Å². The van der Waals surface area contributed by atoms with Gasteiger partial charge in [-0.25, -0.2) is 9.18 Å². The molecular weight excluding hydrogens is 259 g/mol. The number of carboxylic acid groups (broad SMARTS) is 1. The summed E-state index contributed by atoms with van der Waals surface area (Å²) >= 11 is 0. The van der Waals surface area contributed by atoms with Crippen molar-refractivity contribution in [3.63, 3.8) is 0 Å². The number of carbonyl (C=O) groups is 1. The molecule has 3 aromatic rings. The van der Waals surface area contributed by atoms with Crippen molar-refractivity contribution in [1.29, 1.82) is 0 Å². The van der Waals surface area contributed by atoms with Crippen LogP contribution < -0.4 is 0 Å². The zero-order chi connectivity index (χ0) is 14.3. The highest BCUT2D eigenvalue weighted by molar-refractivity contribution is 5.89. The van der Waals surface area contributed by atoms with Crippen LogP contribution in [0.4, 0.5) is 4.39 Å². The highest BCUT2D eigenvalue weighted by Crippen LogP contribution is 2.26. The maximum Gasteiger partial charge on any atom is 0.337 e. The van der Waals surface area contributed by atoms with Crippen molar-refractivity contribution < 1.29 is 14.3 Å². The Morgan fingerprint density at radius 1 is 1.25 bits per heavy atom. The molecule has 20 heavy (non-hydrogen) atoms. The van der Waals surface area contributed by atoms with Crippen LogP contribution in [-0.2, 0) is 7.05 Å². The van der Waals surface area contributed by atoms with Crippen LogP contribution in [0.3, 0.4) is 0 Å². The standard InChI is InChI=1S/C15H11FN2O2/c1-18-13-5-3-11(16)6-10(13)7-14(18)12-4-2-9(8-17-12)15(19)20/h2-8H,1H3,(H,19,20). The van der Waals surface area contributed by atoms with Gasteiger partial charge in [0.15, 0.2) is 0 Å². The second-order valence-electron chi connectivity index (χ2n) is 4.53. The van der Waals surface area contributed by atoms with Crippen molar-refractivity contribution in [1.82, 2.24) is 9.55 Å². The van der Waals surface area contributed by atoms with Crippen LogP contribution in [0, 0.1) is 5.82 Å². The third kappa shape index (κ3) is 1.93. The van der Waals surface area contributed by atoms with Crippen molar-refractivity contribution in [3.8, 4) is 11.4 Å². The molecule has 0 fully saturated rings. The number of aryl methyl sites for hydroxylation is 1. The van der Waals surface area contributed by atoms with E-state index in [0.717, 1.165) is 16.6 Å². The van der Waals surface area contributed by atoms with Crippen LogP contribution in [0.25, 0.3) is 22.3 Å². The first-order valence-corrected chi connectivity index (χ1v) is 6.01. The molecule has 100 valence electrons.